The lowest BCUT2D eigenvalue weighted by Crippen LogP contribution is -2.31. The van der Waals surface area contributed by atoms with Crippen molar-refractivity contribution in [3.05, 3.63) is 41.9 Å². The lowest BCUT2D eigenvalue weighted by molar-refractivity contribution is 0.0693. The molecule has 0 atom stereocenters. The van der Waals surface area contributed by atoms with E-state index in [4.69, 9.17) is 0 Å². The molecule has 166 valence electrons. The van der Waals surface area contributed by atoms with Crippen molar-refractivity contribution in [1.82, 2.24) is 24.9 Å². The van der Waals surface area contributed by atoms with Gasteiger partial charge in [-0.1, -0.05) is 0 Å². The first-order chi connectivity index (χ1) is 14.5. The number of fused-ring (bicyclic) bond motifs is 1. The van der Waals surface area contributed by atoms with Gasteiger partial charge in [-0.3, -0.25) is 9.78 Å². The van der Waals surface area contributed by atoms with Crippen molar-refractivity contribution in [1.29, 1.82) is 0 Å². The molecule has 3 heterocycles. The summed E-state index contributed by atoms with van der Waals surface area (Å²) < 4.78 is 27.3. The van der Waals surface area contributed by atoms with Crippen LogP contribution in [0.25, 0.3) is 17.0 Å². The van der Waals surface area contributed by atoms with E-state index < -0.39 is 12.0 Å². The van der Waals surface area contributed by atoms with Crippen LogP contribution in [-0.2, 0) is 0 Å². The highest BCUT2D eigenvalue weighted by molar-refractivity contribution is 5.99. The van der Waals surface area contributed by atoms with Crippen molar-refractivity contribution < 1.29 is 18.7 Å². The zero-order valence-electron chi connectivity index (χ0n) is 17.9. The van der Waals surface area contributed by atoms with Crippen molar-refractivity contribution in [2.75, 3.05) is 11.9 Å². The maximum atomic E-state index is 12.9. The number of anilines is 1. The van der Waals surface area contributed by atoms with Gasteiger partial charge in [-0.2, -0.15) is 5.10 Å². The number of aromatic nitrogens is 4. The maximum absolute atomic E-state index is 12.9. The number of amides is 1. The fourth-order valence-corrected chi connectivity index (χ4v) is 2.97. The van der Waals surface area contributed by atoms with Gasteiger partial charge in [0.25, 0.3) is 12.3 Å². The normalized spacial score (nSPS) is 12.0. The predicted molar refractivity (Wildman–Crippen MR) is 113 cm³/mol. The van der Waals surface area contributed by atoms with E-state index >= 15 is 0 Å². The number of hydrogen-bond acceptors (Lipinski definition) is 6. The summed E-state index contributed by atoms with van der Waals surface area (Å²) in [6.45, 7) is 7.55. The minimum absolute atomic E-state index is 0.0482. The number of rotatable bonds is 8. The van der Waals surface area contributed by atoms with Crippen LogP contribution in [0, 0.1) is 0 Å². The Balaban J connectivity index is 1.92. The highest BCUT2D eigenvalue weighted by Crippen LogP contribution is 2.26. The lowest BCUT2D eigenvalue weighted by atomic mass is 10.1. The Morgan fingerprint density at radius 3 is 2.58 bits per heavy atom. The third-order valence-corrected chi connectivity index (χ3v) is 4.51. The second-order valence-electron chi connectivity index (χ2n) is 8.24. The van der Waals surface area contributed by atoms with Gasteiger partial charge in [-0.15, -0.1) is 0 Å². The molecule has 0 saturated heterocycles. The number of aliphatic hydroxyl groups is 1. The average molecular weight is 432 g/mol. The van der Waals surface area contributed by atoms with Crippen molar-refractivity contribution in [3.8, 4) is 11.4 Å². The Morgan fingerprint density at radius 1 is 1.19 bits per heavy atom. The summed E-state index contributed by atoms with van der Waals surface area (Å²) in [5.74, 6) is -0.315. The van der Waals surface area contributed by atoms with E-state index in [2.05, 4.69) is 25.7 Å². The van der Waals surface area contributed by atoms with Crippen molar-refractivity contribution in [2.45, 2.75) is 52.2 Å². The highest BCUT2D eigenvalue weighted by atomic mass is 19.3. The molecule has 0 bridgehead atoms. The fourth-order valence-electron chi connectivity index (χ4n) is 2.97. The van der Waals surface area contributed by atoms with E-state index in [1.54, 1.807) is 19.9 Å². The number of alkyl halides is 2. The van der Waals surface area contributed by atoms with Gasteiger partial charge in [0, 0.05) is 24.3 Å². The minimum atomic E-state index is -2.63. The zero-order valence-corrected chi connectivity index (χ0v) is 17.9. The topological polar surface area (TPSA) is 104 Å². The lowest BCUT2D eigenvalue weighted by Gasteiger charge is -2.18. The number of halogens is 2. The quantitative estimate of drug-likeness (QED) is 0.504. The number of imidazole rings is 1. The fraction of sp³-hybridized carbons (Fsp3) is 0.429. The molecule has 3 aromatic rings. The molecule has 1 amide bonds. The number of nitrogens with zero attached hydrogens (tertiary/aromatic N) is 4. The first-order valence-electron chi connectivity index (χ1n) is 9.94. The number of nitrogens with one attached hydrogen (secondary N) is 2. The Kier molecular flexibility index (Phi) is 6.49. The standard InChI is InChI=1S/C21H26F2N6O2/c1-12(2)28-15-8-16(25-10-14(15)20(30)24-6-5-21(3,4)31)17-11-26-18-7-13(19(22)23)9-27-29(17)18/h7-12,19,31H,5-6H2,1-4H3,(H,24,30)(H,25,28). The molecular formula is C21H26F2N6O2. The third kappa shape index (κ3) is 5.52. The van der Waals surface area contributed by atoms with E-state index in [0.717, 1.165) is 6.20 Å². The summed E-state index contributed by atoms with van der Waals surface area (Å²) in [5, 5.41) is 19.9. The SMILES string of the molecule is CC(C)Nc1cc(-c2cnc3cc(C(F)F)cnn23)ncc1C(=O)NCCC(C)(C)O. The summed E-state index contributed by atoms with van der Waals surface area (Å²) in [7, 11) is 0. The highest BCUT2D eigenvalue weighted by Gasteiger charge is 2.19. The van der Waals surface area contributed by atoms with E-state index in [9.17, 15) is 18.7 Å². The van der Waals surface area contributed by atoms with Crippen LogP contribution in [0.15, 0.2) is 30.7 Å². The smallest absolute Gasteiger partial charge is 0.265 e. The molecule has 0 aliphatic carbocycles. The second kappa shape index (κ2) is 8.93. The number of carbonyl (C=O) groups excluding carboxylic acids is 1. The molecule has 0 aromatic carbocycles. The zero-order chi connectivity index (χ0) is 22.8. The van der Waals surface area contributed by atoms with Gasteiger partial charge in [0.15, 0.2) is 5.65 Å². The maximum Gasteiger partial charge on any atom is 0.265 e. The molecule has 0 spiro atoms. The van der Waals surface area contributed by atoms with Gasteiger partial charge in [-0.05, 0) is 46.2 Å². The van der Waals surface area contributed by atoms with Crippen LogP contribution in [0.3, 0.4) is 0 Å². The van der Waals surface area contributed by atoms with Crippen LogP contribution in [0.5, 0.6) is 0 Å². The molecule has 10 heteroatoms. The largest absolute Gasteiger partial charge is 0.390 e. The molecule has 0 aliphatic heterocycles. The molecule has 3 rings (SSSR count). The Hall–Kier alpha value is -3.14. The van der Waals surface area contributed by atoms with Crippen LogP contribution in [0.2, 0.25) is 0 Å². The number of pyridine rings is 1. The van der Waals surface area contributed by atoms with Gasteiger partial charge in [-0.25, -0.2) is 18.3 Å². The average Bonchev–Trinajstić information content (AvgIpc) is 3.09. The molecule has 0 saturated carbocycles. The summed E-state index contributed by atoms with van der Waals surface area (Å²) in [4.78, 5) is 21.2. The van der Waals surface area contributed by atoms with Crippen LogP contribution in [-0.4, -0.2) is 48.8 Å². The summed E-state index contributed by atoms with van der Waals surface area (Å²) >= 11 is 0. The van der Waals surface area contributed by atoms with Crippen LogP contribution < -0.4 is 10.6 Å². The number of carbonyl (C=O) groups is 1. The monoisotopic (exact) mass is 432 g/mol. The number of hydrogen-bond donors (Lipinski definition) is 3. The third-order valence-electron chi connectivity index (χ3n) is 4.51. The molecule has 0 unspecified atom stereocenters. The Bertz CT molecular complexity index is 1080. The van der Waals surface area contributed by atoms with Gasteiger partial charge in [0.05, 0.1) is 34.9 Å². The summed E-state index contributed by atoms with van der Waals surface area (Å²) in [6.07, 6.45) is 1.83. The van der Waals surface area contributed by atoms with Gasteiger partial charge in [0.2, 0.25) is 0 Å². The van der Waals surface area contributed by atoms with Crippen molar-refractivity contribution in [3.63, 3.8) is 0 Å². The van der Waals surface area contributed by atoms with Crippen LogP contribution >= 0.6 is 0 Å². The molecule has 0 fully saturated rings. The van der Waals surface area contributed by atoms with Crippen molar-refractivity contribution in [2.24, 2.45) is 0 Å². The summed E-state index contributed by atoms with van der Waals surface area (Å²) in [6, 6.07) is 3.03. The Labute approximate surface area is 178 Å². The Morgan fingerprint density at radius 2 is 1.94 bits per heavy atom. The van der Waals surface area contributed by atoms with Crippen LogP contribution in [0.1, 0.15) is 56.5 Å². The molecular weight excluding hydrogens is 406 g/mol. The molecule has 3 N–H and O–H groups in total. The molecule has 31 heavy (non-hydrogen) atoms. The first kappa shape index (κ1) is 22.5. The summed E-state index contributed by atoms with van der Waals surface area (Å²) in [5.41, 5.74) is 1.11. The first-order valence-corrected chi connectivity index (χ1v) is 9.94. The van der Waals surface area contributed by atoms with Crippen LogP contribution in [0.4, 0.5) is 14.5 Å². The van der Waals surface area contributed by atoms with E-state index in [-0.39, 0.29) is 23.2 Å². The molecule has 8 nitrogen and oxygen atoms in total. The predicted octanol–water partition coefficient (Wildman–Crippen LogP) is 3.44. The second-order valence-corrected chi connectivity index (χ2v) is 8.24. The van der Waals surface area contributed by atoms with E-state index in [1.807, 2.05) is 13.8 Å². The molecule has 0 aliphatic rings. The van der Waals surface area contributed by atoms with E-state index in [0.29, 0.717) is 35.6 Å². The van der Waals surface area contributed by atoms with Gasteiger partial charge < -0.3 is 15.7 Å². The molecule has 3 aromatic heterocycles. The van der Waals surface area contributed by atoms with Crippen molar-refractivity contribution >= 4 is 17.2 Å². The van der Waals surface area contributed by atoms with Gasteiger partial charge >= 0.3 is 0 Å². The van der Waals surface area contributed by atoms with Gasteiger partial charge in [0.1, 0.15) is 5.69 Å². The van der Waals surface area contributed by atoms with E-state index in [1.165, 1.54) is 23.0 Å². The molecule has 0 radical (unpaired) electrons. The minimum Gasteiger partial charge on any atom is -0.390 e.